The lowest BCUT2D eigenvalue weighted by Gasteiger charge is -2.07. The van der Waals surface area contributed by atoms with E-state index in [1.54, 1.807) is 18.2 Å². The topological polar surface area (TPSA) is 52.6 Å². The third kappa shape index (κ3) is 8.55. The zero-order valence-corrected chi connectivity index (χ0v) is 15.5. The number of halogens is 2. The van der Waals surface area contributed by atoms with Crippen molar-refractivity contribution in [3.8, 4) is 5.75 Å². The summed E-state index contributed by atoms with van der Waals surface area (Å²) in [5, 5.41) is 0.662. The minimum atomic E-state index is -0.327. The van der Waals surface area contributed by atoms with Gasteiger partial charge in [-0.3, -0.25) is 9.59 Å². The van der Waals surface area contributed by atoms with Crippen LogP contribution in [0, 0.1) is 0 Å². The molecule has 6 heteroatoms. The van der Waals surface area contributed by atoms with Crippen LogP contribution in [-0.4, -0.2) is 18.5 Å². The van der Waals surface area contributed by atoms with E-state index in [-0.39, 0.29) is 17.7 Å². The Bertz CT molecular complexity index is 512. The van der Waals surface area contributed by atoms with Crippen molar-refractivity contribution in [3.63, 3.8) is 0 Å². The summed E-state index contributed by atoms with van der Waals surface area (Å²) in [4.78, 5) is 23.0. The molecule has 134 valence electrons. The van der Waals surface area contributed by atoms with E-state index in [4.69, 9.17) is 32.7 Å². The van der Waals surface area contributed by atoms with Gasteiger partial charge in [-0.1, -0.05) is 55.0 Å². The highest BCUT2D eigenvalue weighted by Gasteiger charge is 2.11. The standard InChI is InChI=1S/C18H24Cl2O4/c1-2-23-16(21)12-7-5-3-4-6-8-13-17(22)24-18-14(19)10-9-11-15(18)20/h9-11H,2-8,12-13H2,1H3. The van der Waals surface area contributed by atoms with Crippen LogP contribution < -0.4 is 4.74 Å². The van der Waals surface area contributed by atoms with Crippen molar-refractivity contribution in [2.24, 2.45) is 0 Å². The van der Waals surface area contributed by atoms with Crippen LogP contribution in [0.15, 0.2) is 18.2 Å². The maximum Gasteiger partial charge on any atom is 0.311 e. The molecule has 0 saturated carbocycles. The number of esters is 2. The van der Waals surface area contributed by atoms with Crippen molar-refractivity contribution in [1.29, 1.82) is 0 Å². The normalized spacial score (nSPS) is 10.5. The fourth-order valence-corrected chi connectivity index (χ4v) is 2.70. The smallest absolute Gasteiger partial charge is 0.311 e. The van der Waals surface area contributed by atoms with E-state index in [1.165, 1.54) is 0 Å². The highest BCUT2D eigenvalue weighted by Crippen LogP contribution is 2.32. The summed E-state index contributed by atoms with van der Waals surface area (Å²) in [6.07, 6.45) is 6.46. The van der Waals surface area contributed by atoms with Gasteiger partial charge in [-0.25, -0.2) is 0 Å². The molecule has 0 aliphatic rings. The van der Waals surface area contributed by atoms with Crippen molar-refractivity contribution in [2.75, 3.05) is 6.61 Å². The minimum absolute atomic E-state index is 0.126. The molecule has 0 radical (unpaired) electrons. The lowest BCUT2D eigenvalue weighted by atomic mass is 10.1. The van der Waals surface area contributed by atoms with Gasteiger partial charge in [0.2, 0.25) is 0 Å². The minimum Gasteiger partial charge on any atom is -0.466 e. The highest BCUT2D eigenvalue weighted by atomic mass is 35.5. The van der Waals surface area contributed by atoms with Crippen LogP contribution in [0.5, 0.6) is 5.75 Å². The largest absolute Gasteiger partial charge is 0.466 e. The number of ether oxygens (including phenoxy) is 2. The molecule has 0 spiro atoms. The van der Waals surface area contributed by atoms with Crippen LogP contribution in [0.4, 0.5) is 0 Å². The molecule has 0 amide bonds. The van der Waals surface area contributed by atoms with E-state index in [0.29, 0.717) is 29.5 Å². The highest BCUT2D eigenvalue weighted by molar-refractivity contribution is 6.37. The van der Waals surface area contributed by atoms with E-state index < -0.39 is 0 Å². The number of hydrogen-bond donors (Lipinski definition) is 0. The average Bonchev–Trinajstić information content (AvgIpc) is 2.54. The molecule has 0 bridgehead atoms. The van der Waals surface area contributed by atoms with E-state index in [1.807, 2.05) is 6.92 Å². The third-order valence-electron chi connectivity index (χ3n) is 3.45. The van der Waals surface area contributed by atoms with Crippen molar-refractivity contribution >= 4 is 35.1 Å². The van der Waals surface area contributed by atoms with Gasteiger partial charge in [0.15, 0.2) is 5.75 Å². The number of para-hydroxylation sites is 1. The first-order chi connectivity index (χ1) is 11.5. The maximum absolute atomic E-state index is 11.8. The molecular formula is C18H24Cl2O4. The summed E-state index contributed by atoms with van der Waals surface area (Å²) in [6.45, 7) is 2.25. The van der Waals surface area contributed by atoms with Crippen LogP contribution >= 0.6 is 23.2 Å². The predicted molar refractivity (Wildman–Crippen MR) is 95.7 cm³/mol. The number of carbonyl (C=O) groups excluding carboxylic acids is 2. The Balaban J connectivity index is 2.07. The van der Waals surface area contributed by atoms with Gasteiger partial charge in [0.25, 0.3) is 0 Å². The molecule has 0 aliphatic heterocycles. The quantitative estimate of drug-likeness (QED) is 0.288. The molecule has 1 aromatic carbocycles. The van der Waals surface area contributed by atoms with Gasteiger partial charge in [-0.15, -0.1) is 0 Å². The van der Waals surface area contributed by atoms with Gasteiger partial charge in [0.05, 0.1) is 16.7 Å². The maximum atomic E-state index is 11.8. The Morgan fingerprint density at radius 1 is 0.875 bits per heavy atom. The average molecular weight is 375 g/mol. The van der Waals surface area contributed by atoms with Gasteiger partial charge >= 0.3 is 11.9 Å². The summed E-state index contributed by atoms with van der Waals surface area (Å²) in [5.41, 5.74) is 0. The van der Waals surface area contributed by atoms with E-state index in [2.05, 4.69) is 0 Å². The number of hydrogen-bond acceptors (Lipinski definition) is 4. The molecule has 24 heavy (non-hydrogen) atoms. The van der Waals surface area contributed by atoms with Crippen molar-refractivity contribution in [1.82, 2.24) is 0 Å². The van der Waals surface area contributed by atoms with Gasteiger partial charge in [-0.05, 0) is 31.9 Å². The number of carbonyl (C=O) groups is 2. The SMILES string of the molecule is CCOC(=O)CCCCCCCCC(=O)Oc1c(Cl)cccc1Cl. The van der Waals surface area contributed by atoms with Gasteiger partial charge in [0.1, 0.15) is 0 Å². The fourth-order valence-electron chi connectivity index (χ4n) is 2.22. The molecule has 4 nitrogen and oxygen atoms in total. The molecule has 0 N–H and O–H groups in total. The second kappa shape index (κ2) is 12.2. The van der Waals surface area contributed by atoms with Crippen LogP contribution in [0.2, 0.25) is 10.0 Å². The zero-order valence-electron chi connectivity index (χ0n) is 14.0. The molecule has 0 aliphatic carbocycles. The number of benzene rings is 1. The molecule has 0 aromatic heterocycles. The molecule has 0 fully saturated rings. The Kier molecular flexibility index (Phi) is 10.5. The summed E-state index contributed by atoms with van der Waals surface area (Å²) in [5.74, 6) is -0.226. The van der Waals surface area contributed by atoms with Gasteiger partial charge in [0, 0.05) is 12.8 Å². The van der Waals surface area contributed by atoms with Crippen molar-refractivity contribution in [2.45, 2.75) is 58.3 Å². The van der Waals surface area contributed by atoms with Crippen LogP contribution in [0.1, 0.15) is 58.3 Å². The molecule has 0 unspecified atom stereocenters. The van der Waals surface area contributed by atoms with Crippen molar-refractivity contribution < 1.29 is 19.1 Å². The van der Waals surface area contributed by atoms with Crippen LogP contribution in [0.25, 0.3) is 0 Å². The monoisotopic (exact) mass is 374 g/mol. The van der Waals surface area contributed by atoms with Crippen LogP contribution in [0.3, 0.4) is 0 Å². The summed E-state index contributed by atoms with van der Waals surface area (Å²) >= 11 is 11.9. The number of rotatable bonds is 11. The predicted octanol–water partition coefficient (Wildman–Crippen LogP) is 5.58. The Morgan fingerprint density at radius 2 is 1.38 bits per heavy atom. The molecular weight excluding hydrogens is 351 g/mol. The summed E-state index contributed by atoms with van der Waals surface area (Å²) in [6, 6.07) is 4.96. The second-order valence-electron chi connectivity index (χ2n) is 5.45. The van der Waals surface area contributed by atoms with Gasteiger partial charge < -0.3 is 9.47 Å². The second-order valence-corrected chi connectivity index (χ2v) is 6.27. The van der Waals surface area contributed by atoms with E-state index in [0.717, 1.165) is 38.5 Å². The zero-order chi connectivity index (χ0) is 17.8. The summed E-state index contributed by atoms with van der Waals surface area (Å²) in [7, 11) is 0. The van der Waals surface area contributed by atoms with Crippen LogP contribution in [-0.2, 0) is 14.3 Å². The Morgan fingerprint density at radius 3 is 1.92 bits per heavy atom. The molecule has 1 aromatic rings. The Hall–Kier alpha value is -1.26. The lowest BCUT2D eigenvalue weighted by molar-refractivity contribution is -0.143. The Labute approximate surface area is 153 Å². The fraction of sp³-hybridized carbons (Fsp3) is 0.556. The molecule has 0 heterocycles. The van der Waals surface area contributed by atoms with E-state index in [9.17, 15) is 9.59 Å². The molecule has 0 saturated heterocycles. The summed E-state index contributed by atoms with van der Waals surface area (Å²) < 4.78 is 10.1. The first kappa shape index (κ1) is 20.8. The van der Waals surface area contributed by atoms with Crippen molar-refractivity contribution in [3.05, 3.63) is 28.2 Å². The van der Waals surface area contributed by atoms with Gasteiger partial charge in [-0.2, -0.15) is 0 Å². The molecule has 0 atom stereocenters. The first-order valence-corrected chi connectivity index (χ1v) is 9.10. The number of unbranched alkanes of at least 4 members (excludes halogenated alkanes) is 5. The van der Waals surface area contributed by atoms with E-state index >= 15 is 0 Å². The molecule has 1 rings (SSSR count). The third-order valence-corrected chi connectivity index (χ3v) is 4.05. The lowest BCUT2D eigenvalue weighted by Crippen LogP contribution is -2.08. The first-order valence-electron chi connectivity index (χ1n) is 8.35.